The Kier molecular flexibility index (Phi) is 5.35. The van der Waals surface area contributed by atoms with E-state index in [0.717, 1.165) is 18.7 Å². The summed E-state index contributed by atoms with van der Waals surface area (Å²) in [6.45, 7) is 5.81. The Morgan fingerprint density at radius 3 is 2.63 bits per heavy atom. The van der Waals surface area contributed by atoms with Crippen LogP contribution in [0.4, 0.5) is 4.79 Å². The van der Waals surface area contributed by atoms with Gasteiger partial charge in [-0.15, -0.1) is 0 Å². The second-order valence-electron chi connectivity index (χ2n) is 6.95. The number of aromatic nitrogens is 2. The van der Waals surface area contributed by atoms with Gasteiger partial charge in [-0.3, -0.25) is 4.90 Å². The van der Waals surface area contributed by atoms with E-state index in [0.29, 0.717) is 44.4 Å². The fraction of sp³-hybridized carbons (Fsp3) is 0.526. The van der Waals surface area contributed by atoms with Gasteiger partial charge in [-0.2, -0.15) is 4.98 Å². The summed E-state index contributed by atoms with van der Waals surface area (Å²) in [7, 11) is 0. The molecule has 0 aliphatic carbocycles. The first kappa shape index (κ1) is 17.9. The smallest absolute Gasteiger partial charge is 0.410 e. The Morgan fingerprint density at radius 2 is 1.96 bits per heavy atom. The van der Waals surface area contributed by atoms with Gasteiger partial charge >= 0.3 is 6.09 Å². The van der Waals surface area contributed by atoms with Crippen molar-refractivity contribution in [3.05, 3.63) is 47.6 Å². The molecule has 2 aliphatic heterocycles. The Morgan fingerprint density at radius 1 is 1.22 bits per heavy atom. The zero-order valence-corrected chi connectivity index (χ0v) is 15.4. The van der Waals surface area contributed by atoms with Crippen LogP contribution in [0.25, 0.3) is 0 Å². The molecule has 3 heterocycles. The lowest BCUT2D eigenvalue weighted by Gasteiger charge is -2.37. The van der Waals surface area contributed by atoms with Crippen LogP contribution in [0.1, 0.15) is 30.2 Å². The predicted molar refractivity (Wildman–Crippen MR) is 96.2 cm³/mol. The number of carbonyl (C=O) groups excluding carboxylic acids is 1. The van der Waals surface area contributed by atoms with E-state index in [1.807, 2.05) is 30.3 Å². The quantitative estimate of drug-likeness (QED) is 0.792. The molecule has 144 valence electrons. The van der Waals surface area contributed by atoms with Crippen molar-refractivity contribution >= 4 is 6.09 Å². The average Bonchev–Trinajstić information content (AvgIpc) is 3.13. The number of rotatable bonds is 5. The van der Waals surface area contributed by atoms with Gasteiger partial charge in [-0.1, -0.05) is 35.5 Å². The average molecular weight is 372 g/mol. The Labute approximate surface area is 158 Å². The molecule has 2 aromatic rings. The predicted octanol–water partition coefficient (Wildman–Crippen LogP) is 1.87. The maximum absolute atomic E-state index is 12.1. The van der Waals surface area contributed by atoms with Crippen molar-refractivity contribution in [2.45, 2.75) is 25.5 Å². The summed E-state index contributed by atoms with van der Waals surface area (Å²) in [5.41, 5.74) is 1.15. The molecule has 0 radical (unpaired) electrons. The summed E-state index contributed by atoms with van der Waals surface area (Å²) >= 11 is 0. The highest BCUT2D eigenvalue weighted by molar-refractivity contribution is 5.68. The zero-order valence-electron chi connectivity index (χ0n) is 15.4. The minimum atomic E-state index is -0.251. The number of carbonyl (C=O) groups is 1. The van der Waals surface area contributed by atoms with Crippen molar-refractivity contribution in [3.8, 4) is 0 Å². The molecule has 4 rings (SSSR count). The molecule has 8 nitrogen and oxygen atoms in total. The molecule has 0 saturated carbocycles. The third-order valence-electron chi connectivity index (χ3n) is 5.04. The van der Waals surface area contributed by atoms with Crippen LogP contribution in [-0.2, 0) is 15.9 Å². The molecular weight excluding hydrogens is 348 g/mol. The van der Waals surface area contributed by atoms with Gasteiger partial charge in [-0.25, -0.2) is 4.79 Å². The molecule has 0 N–H and O–H groups in total. The first-order valence-corrected chi connectivity index (χ1v) is 9.33. The first-order chi connectivity index (χ1) is 13.2. The van der Waals surface area contributed by atoms with E-state index >= 15 is 0 Å². The van der Waals surface area contributed by atoms with Gasteiger partial charge in [0.15, 0.2) is 11.9 Å². The lowest BCUT2D eigenvalue weighted by atomic mass is 10.1. The summed E-state index contributed by atoms with van der Waals surface area (Å²) in [5.74, 6) is 1.30. The summed E-state index contributed by atoms with van der Waals surface area (Å²) in [6.07, 6.45) is 0.316. The highest BCUT2D eigenvalue weighted by Gasteiger charge is 2.30. The molecule has 2 saturated heterocycles. The summed E-state index contributed by atoms with van der Waals surface area (Å²) in [6, 6.07) is 10.1. The Bertz CT molecular complexity index is 754. The lowest BCUT2D eigenvalue weighted by Crippen LogP contribution is -2.51. The van der Waals surface area contributed by atoms with Gasteiger partial charge in [0.05, 0.1) is 19.3 Å². The second kappa shape index (κ2) is 8.06. The van der Waals surface area contributed by atoms with Crippen molar-refractivity contribution in [1.29, 1.82) is 0 Å². The van der Waals surface area contributed by atoms with Gasteiger partial charge in [0.25, 0.3) is 0 Å². The highest BCUT2D eigenvalue weighted by atomic mass is 16.6. The van der Waals surface area contributed by atoms with Crippen molar-refractivity contribution in [2.24, 2.45) is 0 Å². The third-order valence-corrected chi connectivity index (χ3v) is 5.04. The Hall–Kier alpha value is -2.45. The highest BCUT2D eigenvalue weighted by Crippen LogP contribution is 2.21. The van der Waals surface area contributed by atoms with Crippen LogP contribution in [0.3, 0.4) is 0 Å². The third kappa shape index (κ3) is 4.28. The van der Waals surface area contributed by atoms with Gasteiger partial charge in [0, 0.05) is 32.6 Å². The number of hydrogen-bond acceptors (Lipinski definition) is 7. The molecule has 1 aromatic heterocycles. The van der Waals surface area contributed by atoms with Crippen molar-refractivity contribution in [1.82, 2.24) is 19.9 Å². The number of hydrogen-bond donors (Lipinski definition) is 0. The molecule has 1 atom stereocenters. The standard InChI is InChI=1S/C19H24N4O4/c1-14(18-20-17(21-27-18)11-15-5-3-2-4-6-15)22-7-9-23(10-8-22)19(24)26-16-12-25-13-16/h2-6,14,16H,7-13H2,1H3. The minimum Gasteiger partial charge on any atom is -0.441 e. The maximum Gasteiger partial charge on any atom is 0.410 e. The second-order valence-corrected chi connectivity index (χ2v) is 6.95. The van der Waals surface area contributed by atoms with E-state index < -0.39 is 0 Å². The van der Waals surface area contributed by atoms with E-state index in [9.17, 15) is 4.79 Å². The first-order valence-electron chi connectivity index (χ1n) is 9.33. The normalized spacial score (nSPS) is 19.5. The summed E-state index contributed by atoms with van der Waals surface area (Å²) in [5, 5.41) is 4.11. The number of nitrogens with zero attached hydrogens (tertiary/aromatic N) is 4. The molecule has 2 fully saturated rings. The topological polar surface area (TPSA) is 80.9 Å². The molecule has 1 unspecified atom stereocenters. The minimum absolute atomic E-state index is 0.0141. The van der Waals surface area contributed by atoms with E-state index in [2.05, 4.69) is 22.0 Å². The van der Waals surface area contributed by atoms with Crippen LogP contribution in [-0.4, -0.2) is 71.5 Å². The number of piperazine rings is 1. The van der Waals surface area contributed by atoms with Crippen LogP contribution in [0.15, 0.2) is 34.9 Å². The van der Waals surface area contributed by atoms with Crippen LogP contribution in [0, 0.1) is 0 Å². The molecule has 1 amide bonds. The summed E-state index contributed by atoms with van der Waals surface area (Å²) < 4.78 is 15.9. The summed E-state index contributed by atoms with van der Waals surface area (Å²) in [4.78, 5) is 20.7. The number of benzene rings is 1. The van der Waals surface area contributed by atoms with Crippen LogP contribution < -0.4 is 0 Å². The molecule has 1 aromatic carbocycles. The van der Waals surface area contributed by atoms with Crippen molar-refractivity contribution < 1.29 is 18.8 Å². The fourth-order valence-electron chi connectivity index (χ4n) is 3.23. The van der Waals surface area contributed by atoms with E-state index in [-0.39, 0.29) is 18.2 Å². The van der Waals surface area contributed by atoms with Gasteiger partial charge in [-0.05, 0) is 12.5 Å². The largest absolute Gasteiger partial charge is 0.441 e. The van der Waals surface area contributed by atoms with Crippen LogP contribution in [0.5, 0.6) is 0 Å². The molecular formula is C19H24N4O4. The molecule has 0 bridgehead atoms. The van der Waals surface area contributed by atoms with Crippen molar-refractivity contribution in [2.75, 3.05) is 39.4 Å². The van der Waals surface area contributed by atoms with E-state index in [4.69, 9.17) is 14.0 Å². The zero-order chi connectivity index (χ0) is 18.6. The van der Waals surface area contributed by atoms with Crippen LogP contribution >= 0.6 is 0 Å². The molecule has 2 aliphatic rings. The van der Waals surface area contributed by atoms with Crippen molar-refractivity contribution in [3.63, 3.8) is 0 Å². The van der Waals surface area contributed by atoms with Crippen LogP contribution in [0.2, 0.25) is 0 Å². The molecule has 27 heavy (non-hydrogen) atoms. The van der Waals surface area contributed by atoms with Gasteiger partial charge < -0.3 is 18.9 Å². The van der Waals surface area contributed by atoms with Gasteiger partial charge in [0.2, 0.25) is 5.89 Å². The van der Waals surface area contributed by atoms with Gasteiger partial charge in [0.1, 0.15) is 0 Å². The lowest BCUT2D eigenvalue weighted by molar-refractivity contribution is -0.106. The molecule has 8 heteroatoms. The maximum atomic E-state index is 12.1. The number of amides is 1. The van der Waals surface area contributed by atoms with E-state index in [1.165, 1.54) is 0 Å². The molecule has 0 spiro atoms. The number of ether oxygens (including phenoxy) is 2. The Balaban J connectivity index is 1.29. The van der Waals surface area contributed by atoms with E-state index in [1.54, 1.807) is 4.90 Å². The fourth-order valence-corrected chi connectivity index (χ4v) is 3.23. The SMILES string of the molecule is CC(c1nc(Cc2ccccc2)no1)N1CCN(C(=O)OC2COC2)CC1. The monoisotopic (exact) mass is 372 g/mol.